The normalized spacial score (nSPS) is 15.8. The molecule has 1 aromatic heterocycles. The highest BCUT2D eigenvalue weighted by atomic mass is 35.5. The number of halogens is 1. The molecule has 0 unspecified atom stereocenters. The molecule has 1 aliphatic rings. The number of rotatable bonds is 6. The van der Waals surface area contributed by atoms with Crippen molar-refractivity contribution in [2.45, 2.75) is 13.1 Å². The lowest BCUT2D eigenvalue weighted by Gasteiger charge is -2.33. The maximum absolute atomic E-state index is 12.3. The van der Waals surface area contributed by atoms with Crippen LogP contribution in [0.2, 0.25) is 5.02 Å². The van der Waals surface area contributed by atoms with Gasteiger partial charge in [0.05, 0.1) is 23.3 Å². The number of nitrogens with one attached hydrogen (secondary N) is 1. The number of benzene rings is 2. The van der Waals surface area contributed by atoms with Crippen molar-refractivity contribution in [2.75, 3.05) is 32.7 Å². The Kier molecular flexibility index (Phi) is 6.22. The molecule has 0 atom stereocenters. The van der Waals surface area contributed by atoms with E-state index >= 15 is 0 Å². The lowest BCUT2D eigenvalue weighted by atomic mass is 10.2. The van der Waals surface area contributed by atoms with Crippen LogP contribution >= 0.6 is 22.9 Å². The largest absolute Gasteiger partial charge is 0.351 e. The molecule has 1 fully saturated rings. The minimum absolute atomic E-state index is 0.0412. The summed E-state index contributed by atoms with van der Waals surface area (Å²) >= 11 is 7.90. The van der Waals surface area contributed by atoms with E-state index in [0.29, 0.717) is 18.1 Å². The average Bonchev–Trinajstić information content (AvgIpc) is 3.11. The number of nitrogens with zero attached hydrogens (tertiary/aromatic N) is 3. The summed E-state index contributed by atoms with van der Waals surface area (Å²) in [5, 5.41) is 4.81. The van der Waals surface area contributed by atoms with Crippen LogP contribution in [0.3, 0.4) is 0 Å². The van der Waals surface area contributed by atoms with Crippen molar-refractivity contribution in [1.29, 1.82) is 0 Å². The Morgan fingerprint density at radius 3 is 2.54 bits per heavy atom. The van der Waals surface area contributed by atoms with Gasteiger partial charge >= 0.3 is 0 Å². The zero-order chi connectivity index (χ0) is 19.3. The van der Waals surface area contributed by atoms with Gasteiger partial charge in [-0.15, -0.1) is 11.3 Å². The van der Waals surface area contributed by atoms with Gasteiger partial charge in [0.15, 0.2) is 0 Å². The fourth-order valence-corrected chi connectivity index (χ4v) is 4.59. The van der Waals surface area contributed by atoms with Gasteiger partial charge in [0.1, 0.15) is 5.01 Å². The monoisotopic (exact) mass is 414 g/mol. The van der Waals surface area contributed by atoms with E-state index in [1.165, 1.54) is 4.70 Å². The van der Waals surface area contributed by atoms with E-state index in [9.17, 15) is 4.79 Å². The second-order valence-electron chi connectivity index (χ2n) is 7.00. The van der Waals surface area contributed by atoms with Crippen molar-refractivity contribution in [2.24, 2.45) is 0 Å². The first-order chi connectivity index (χ1) is 13.7. The third-order valence-electron chi connectivity index (χ3n) is 4.96. The van der Waals surface area contributed by atoms with Gasteiger partial charge in [0, 0.05) is 37.7 Å². The molecule has 7 heteroatoms. The number of para-hydroxylation sites is 1. The number of aromatic nitrogens is 1. The predicted octanol–water partition coefficient (Wildman–Crippen LogP) is 3.38. The number of fused-ring (bicyclic) bond motifs is 1. The van der Waals surface area contributed by atoms with Gasteiger partial charge in [0.2, 0.25) is 5.91 Å². The summed E-state index contributed by atoms with van der Waals surface area (Å²) in [5.41, 5.74) is 2.02. The van der Waals surface area contributed by atoms with E-state index in [0.717, 1.165) is 48.8 Å². The number of carbonyl (C=O) groups is 1. The molecule has 1 amide bonds. The van der Waals surface area contributed by atoms with E-state index in [1.807, 2.05) is 30.3 Å². The van der Waals surface area contributed by atoms with Crippen LogP contribution in [-0.2, 0) is 17.9 Å². The average molecular weight is 415 g/mol. The summed E-state index contributed by atoms with van der Waals surface area (Å²) in [7, 11) is 0. The molecule has 5 nitrogen and oxygen atoms in total. The lowest BCUT2D eigenvalue weighted by molar-refractivity contribution is -0.122. The van der Waals surface area contributed by atoms with E-state index in [1.54, 1.807) is 11.3 Å². The van der Waals surface area contributed by atoms with Crippen LogP contribution in [0.15, 0.2) is 48.5 Å². The summed E-state index contributed by atoms with van der Waals surface area (Å²) < 4.78 is 1.24. The molecule has 1 saturated heterocycles. The molecule has 4 rings (SSSR count). The molecule has 3 aromatic rings. The predicted molar refractivity (Wildman–Crippen MR) is 115 cm³/mol. The zero-order valence-electron chi connectivity index (χ0n) is 15.6. The topological polar surface area (TPSA) is 48.5 Å². The summed E-state index contributed by atoms with van der Waals surface area (Å²) in [5.74, 6) is 0.0412. The molecule has 0 radical (unpaired) electrons. The van der Waals surface area contributed by atoms with Crippen LogP contribution in [0.4, 0.5) is 0 Å². The van der Waals surface area contributed by atoms with E-state index in [4.69, 9.17) is 16.6 Å². The van der Waals surface area contributed by atoms with Gasteiger partial charge in [-0.05, 0) is 23.8 Å². The van der Waals surface area contributed by atoms with E-state index in [-0.39, 0.29) is 5.91 Å². The van der Waals surface area contributed by atoms with Gasteiger partial charge in [-0.1, -0.05) is 41.9 Å². The molecule has 0 spiro atoms. The van der Waals surface area contributed by atoms with Crippen molar-refractivity contribution in [3.05, 3.63) is 64.1 Å². The summed E-state index contributed by atoms with van der Waals surface area (Å²) in [4.78, 5) is 21.6. The van der Waals surface area contributed by atoms with Gasteiger partial charge in [0.25, 0.3) is 0 Å². The van der Waals surface area contributed by atoms with E-state index in [2.05, 4.69) is 33.3 Å². The Bertz CT molecular complexity index is 919. The van der Waals surface area contributed by atoms with Crippen LogP contribution < -0.4 is 5.32 Å². The number of hydrogen-bond donors (Lipinski definition) is 1. The highest BCUT2D eigenvalue weighted by Crippen LogP contribution is 2.23. The summed E-state index contributed by atoms with van der Waals surface area (Å²) in [6.45, 7) is 5.47. The molecule has 146 valence electrons. The van der Waals surface area contributed by atoms with E-state index < -0.39 is 0 Å². The highest BCUT2D eigenvalue weighted by Gasteiger charge is 2.20. The quantitative estimate of drug-likeness (QED) is 0.671. The number of hydrogen-bond acceptors (Lipinski definition) is 5. The second kappa shape index (κ2) is 9.01. The smallest absolute Gasteiger partial charge is 0.234 e. The minimum Gasteiger partial charge on any atom is -0.351 e. The molecule has 0 aliphatic carbocycles. The van der Waals surface area contributed by atoms with Crippen molar-refractivity contribution in [3.63, 3.8) is 0 Å². The van der Waals surface area contributed by atoms with Crippen LogP contribution in [-0.4, -0.2) is 53.4 Å². The number of piperazine rings is 1. The summed E-state index contributed by atoms with van der Waals surface area (Å²) in [6, 6.07) is 15.9. The minimum atomic E-state index is 0.0412. The molecular weight excluding hydrogens is 392 g/mol. The SMILES string of the molecule is O=C(CN1CCN(Cc2nc3ccccc3s2)CC1)NCc1ccccc1Cl. The Morgan fingerprint density at radius 1 is 1.04 bits per heavy atom. The molecule has 1 aliphatic heterocycles. The molecule has 1 N–H and O–H groups in total. The van der Waals surface area contributed by atoms with Crippen molar-refractivity contribution in [1.82, 2.24) is 20.1 Å². The first-order valence-electron chi connectivity index (χ1n) is 9.46. The Morgan fingerprint density at radius 2 is 1.75 bits per heavy atom. The van der Waals surface area contributed by atoms with Gasteiger partial charge in [-0.25, -0.2) is 4.98 Å². The molecule has 28 heavy (non-hydrogen) atoms. The molecular formula is C21H23ClN4OS. The lowest BCUT2D eigenvalue weighted by Crippen LogP contribution is -2.49. The fourth-order valence-electron chi connectivity index (χ4n) is 3.38. The number of thiazole rings is 1. The molecule has 2 aromatic carbocycles. The van der Waals surface area contributed by atoms with Gasteiger partial charge in [-0.2, -0.15) is 0 Å². The van der Waals surface area contributed by atoms with Crippen LogP contribution in [0, 0.1) is 0 Å². The van der Waals surface area contributed by atoms with Crippen molar-refractivity contribution < 1.29 is 4.79 Å². The van der Waals surface area contributed by atoms with Crippen molar-refractivity contribution in [3.8, 4) is 0 Å². The Hall–Kier alpha value is -1.99. The van der Waals surface area contributed by atoms with Crippen LogP contribution in [0.25, 0.3) is 10.2 Å². The number of carbonyl (C=O) groups excluding carboxylic acids is 1. The molecule has 2 heterocycles. The standard InChI is InChI=1S/C21H23ClN4OS/c22-17-6-2-1-5-16(17)13-23-20(27)14-25-9-11-26(12-10-25)15-21-24-18-7-3-4-8-19(18)28-21/h1-8H,9-15H2,(H,23,27). The van der Waals surface area contributed by atoms with Gasteiger partial charge < -0.3 is 5.32 Å². The Labute approximate surface area is 173 Å². The highest BCUT2D eigenvalue weighted by molar-refractivity contribution is 7.18. The zero-order valence-corrected chi connectivity index (χ0v) is 17.2. The first-order valence-corrected chi connectivity index (χ1v) is 10.7. The van der Waals surface area contributed by atoms with Crippen LogP contribution in [0.1, 0.15) is 10.6 Å². The number of amides is 1. The van der Waals surface area contributed by atoms with Gasteiger partial charge in [-0.3, -0.25) is 14.6 Å². The third-order valence-corrected chi connectivity index (χ3v) is 6.35. The first kappa shape index (κ1) is 19.3. The second-order valence-corrected chi connectivity index (χ2v) is 8.52. The molecule has 0 bridgehead atoms. The van der Waals surface area contributed by atoms with Crippen LogP contribution in [0.5, 0.6) is 0 Å². The molecule has 0 saturated carbocycles. The van der Waals surface area contributed by atoms with Crippen molar-refractivity contribution >= 4 is 39.1 Å². The maximum atomic E-state index is 12.3. The fraction of sp³-hybridized carbons (Fsp3) is 0.333. The summed E-state index contributed by atoms with van der Waals surface area (Å²) in [6.07, 6.45) is 0. The maximum Gasteiger partial charge on any atom is 0.234 e. The third kappa shape index (κ3) is 4.89. The Balaban J connectivity index is 1.21.